The lowest BCUT2D eigenvalue weighted by atomic mass is 9.83. The second-order valence-corrected chi connectivity index (χ2v) is 11.1. The van der Waals surface area contributed by atoms with Gasteiger partial charge in [0.1, 0.15) is 23.0 Å². The van der Waals surface area contributed by atoms with Gasteiger partial charge >= 0.3 is 0 Å². The maximum Gasteiger partial charge on any atom is 0.138 e. The van der Waals surface area contributed by atoms with E-state index >= 15 is 0 Å². The zero-order valence-electron chi connectivity index (χ0n) is 25.4. The van der Waals surface area contributed by atoms with Crippen molar-refractivity contribution in [3.8, 4) is 23.0 Å². The number of allylic oxidation sites excluding steroid dienone is 2. The number of nitrogens with zero attached hydrogens (tertiary/aromatic N) is 2. The van der Waals surface area contributed by atoms with Crippen LogP contribution in [0, 0.1) is 0 Å². The molecule has 7 rings (SSSR count). The van der Waals surface area contributed by atoms with Crippen LogP contribution in [0.5, 0.6) is 23.0 Å². The van der Waals surface area contributed by atoms with Gasteiger partial charge in [0, 0.05) is 40.6 Å². The molecule has 48 heavy (non-hydrogen) atoms. The fraction of sp³-hybridized carbons (Fsp3) is 0. The minimum absolute atomic E-state index is 0.241. The van der Waals surface area contributed by atoms with Gasteiger partial charge in [-0.25, -0.2) is 0 Å². The predicted octanol–water partition coefficient (Wildman–Crippen LogP) is 8.44. The Morgan fingerprint density at radius 1 is 0.354 bits per heavy atom. The molecule has 236 valence electrons. The number of para-hydroxylation sites is 4. The van der Waals surface area contributed by atoms with Gasteiger partial charge in [0.05, 0.1) is 22.4 Å². The van der Waals surface area contributed by atoms with Crippen molar-refractivity contribution >= 4 is 45.3 Å². The molecular formula is C40H28N2O6-2. The Morgan fingerprint density at radius 3 is 0.979 bits per heavy atom. The molecule has 0 bridgehead atoms. The zero-order chi connectivity index (χ0) is 33.4. The Morgan fingerprint density at radius 2 is 0.646 bits per heavy atom. The van der Waals surface area contributed by atoms with Crippen LogP contribution >= 0.6 is 0 Å². The minimum Gasteiger partial charge on any atom is -0.872 e. The van der Waals surface area contributed by atoms with Crippen molar-refractivity contribution in [2.45, 2.75) is 0 Å². The summed E-state index contributed by atoms with van der Waals surface area (Å²) < 4.78 is 0. The molecule has 0 aromatic heterocycles. The highest BCUT2D eigenvalue weighted by molar-refractivity contribution is 6.10. The van der Waals surface area contributed by atoms with Crippen molar-refractivity contribution in [2.24, 2.45) is 0 Å². The first-order valence-corrected chi connectivity index (χ1v) is 15.1. The molecule has 1 aliphatic carbocycles. The summed E-state index contributed by atoms with van der Waals surface area (Å²) in [5.41, 5.74) is 2.39. The molecule has 6 aromatic carbocycles. The van der Waals surface area contributed by atoms with E-state index in [0.717, 1.165) is 22.7 Å². The number of benzene rings is 6. The predicted molar refractivity (Wildman–Crippen MR) is 184 cm³/mol. The van der Waals surface area contributed by atoms with Gasteiger partial charge in [-0.3, -0.25) is 0 Å². The molecule has 0 saturated carbocycles. The van der Waals surface area contributed by atoms with E-state index in [1.54, 1.807) is 4.90 Å². The first kappa shape index (κ1) is 29.9. The van der Waals surface area contributed by atoms with Gasteiger partial charge in [0.2, 0.25) is 0 Å². The normalized spacial score (nSPS) is 12.5. The van der Waals surface area contributed by atoms with Gasteiger partial charge in [-0.05, 0) is 66.2 Å². The minimum atomic E-state index is -0.716. The molecule has 0 saturated heterocycles. The SMILES string of the molecule is [O-]c1cc(N(c2ccccc2)c2ccccc2)cc([O-])c1C1=C(O)C(c2c(O)cc(N(c3ccccc3)c3ccccc3)cc2O)=C1O. The Labute approximate surface area is 276 Å². The fourth-order valence-corrected chi connectivity index (χ4v) is 6.02. The molecule has 8 heteroatoms. The Bertz CT molecular complexity index is 1890. The van der Waals surface area contributed by atoms with E-state index < -0.39 is 40.1 Å². The van der Waals surface area contributed by atoms with Crippen LogP contribution in [0.2, 0.25) is 0 Å². The third kappa shape index (κ3) is 5.17. The van der Waals surface area contributed by atoms with Crippen molar-refractivity contribution in [3.05, 3.63) is 168 Å². The standard InChI is InChI=1S/C40H30N2O6/c43-31-21-29(41(25-13-5-1-6-14-25)26-15-7-2-8-16-26)22-32(44)35(31)37-39(47)38(40(37)48)36-33(45)23-30(24-34(36)46)42(27-17-9-3-10-18-27)28-19-11-4-12-20-28/h1-24,43-48H/p-2. The van der Waals surface area contributed by atoms with E-state index in [4.69, 9.17) is 0 Å². The largest absolute Gasteiger partial charge is 0.872 e. The molecule has 6 aromatic rings. The Kier molecular flexibility index (Phi) is 7.59. The van der Waals surface area contributed by atoms with Crippen LogP contribution in [0.25, 0.3) is 11.1 Å². The third-order valence-corrected chi connectivity index (χ3v) is 8.15. The van der Waals surface area contributed by atoms with Gasteiger partial charge in [0.15, 0.2) is 0 Å². The molecule has 0 atom stereocenters. The Balaban J connectivity index is 1.26. The van der Waals surface area contributed by atoms with Crippen molar-refractivity contribution in [1.29, 1.82) is 0 Å². The molecule has 0 fully saturated rings. The maximum absolute atomic E-state index is 13.5. The summed E-state index contributed by atoms with van der Waals surface area (Å²) in [4.78, 5) is 3.58. The van der Waals surface area contributed by atoms with Crippen LogP contribution in [-0.4, -0.2) is 20.4 Å². The van der Waals surface area contributed by atoms with E-state index in [-0.39, 0.29) is 16.7 Å². The number of hydrogen-bond donors (Lipinski definition) is 4. The molecule has 8 nitrogen and oxygen atoms in total. The van der Waals surface area contributed by atoms with Crippen LogP contribution in [0.15, 0.2) is 157 Å². The van der Waals surface area contributed by atoms with Crippen LogP contribution in [0.1, 0.15) is 11.1 Å². The smallest absolute Gasteiger partial charge is 0.138 e. The zero-order valence-corrected chi connectivity index (χ0v) is 25.4. The maximum atomic E-state index is 13.5. The topological polar surface area (TPSA) is 134 Å². The second kappa shape index (κ2) is 12.2. The first-order chi connectivity index (χ1) is 23.3. The number of rotatable bonds is 8. The molecule has 0 heterocycles. The van der Waals surface area contributed by atoms with Gasteiger partial charge in [-0.15, -0.1) is 0 Å². The molecule has 4 N–H and O–H groups in total. The molecule has 1 aliphatic rings. The van der Waals surface area contributed by atoms with E-state index in [9.17, 15) is 30.6 Å². The van der Waals surface area contributed by atoms with Gasteiger partial charge in [-0.1, -0.05) is 84.3 Å². The monoisotopic (exact) mass is 632 g/mol. The molecule has 0 amide bonds. The van der Waals surface area contributed by atoms with E-state index in [0.29, 0.717) is 11.4 Å². The van der Waals surface area contributed by atoms with Gasteiger partial charge < -0.3 is 40.4 Å². The van der Waals surface area contributed by atoms with E-state index in [1.165, 1.54) is 24.3 Å². The first-order valence-electron chi connectivity index (χ1n) is 15.1. The molecule has 0 aliphatic heterocycles. The highest BCUT2D eigenvalue weighted by Gasteiger charge is 2.36. The lowest BCUT2D eigenvalue weighted by Crippen LogP contribution is -2.16. The van der Waals surface area contributed by atoms with Crippen molar-refractivity contribution in [2.75, 3.05) is 9.80 Å². The fourth-order valence-electron chi connectivity index (χ4n) is 6.02. The second-order valence-electron chi connectivity index (χ2n) is 11.1. The van der Waals surface area contributed by atoms with E-state index in [2.05, 4.69) is 0 Å². The number of phenols is 2. The summed E-state index contributed by atoms with van der Waals surface area (Å²) >= 11 is 0. The van der Waals surface area contributed by atoms with Crippen molar-refractivity contribution in [3.63, 3.8) is 0 Å². The number of aliphatic hydroxyl groups excluding tert-OH is 2. The lowest BCUT2D eigenvalue weighted by molar-refractivity contribution is -0.280. The number of anilines is 6. The summed E-state index contributed by atoms with van der Waals surface area (Å²) in [5.74, 6) is -3.50. The average molecular weight is 633 g/mol. The van der Waals surface area contributed by atoms with Crippen LogP contribution in [0.3, 0.4) is 0 Å². The van der Waals surface area contributed by atoms with Crippen LogP contribution < -0.4 is 20.0 Å². The van der Waals surface area contributed by atoms with Gasteiger partial charge in [-0.2, -0.15) is 0 Å². The summed E-state index contributed by atoms with van der Waals surface area (Å²) in [6.07, 6.45) is 0. The Hall–Kier alpha value is -6.80. The highest BCUT2D eigenvalue weighted by Crippen LogP contribution is 2.54. The number of phenolic OH excluding ortho intramolecular Hbond substituents is 2. The molecular weight excluding hydrogens is 604 g/mol. The average Bonchev–Trinajstić information content (AvgIpc) is 3.10. The summed E-state index contributed by atoms with van der Waals surface area (Å²) in [6, 6.07) is 42.5. The molecule has 0 spiro atoms. The quantitative estimate of drug-likeness (QED) is 0.131. The highest BCUT2D eigenvalue weighted by atomic mass is 16.3. The number of aromatic hydroxyl groups is 2. The van der Waals surface area contributed by atoms with E-state index in [1.807, 2.05) is 126 Å². The number of hydrogen-bond acceptors (Lipinski definition) is 8. The van der Waals surface area contributed by atoms with Crippen molar-refractivity contribution < 1.29 is 30.6 Å². The third-order valence-electron chi connectivity index (χ3n) is 8.15. The van der Waals surface area contributed by atoms with Crippen LogP contribution in [-0.2, 0) is 0 Å². The lowest BCUT2D eigenvalue weighted by Gasteiger charge is -2.33. The summed E-state index contributed by atoms with van der Waals surface area (Å²) in [5, 5.41) is 71.7. The molecule has 0 unspecified atom stereocenters. The van der Waals surface area contributed by atoms with Crippen LogP contribution in [0.4, 0.5) is 34.1 Å². The summed E-state index contributed by atoms with van der Waals surface area (Å²) in [7, 11) is 0. The number of aliphatic hydroxyl groups is 2. The van der Waals surface area contributed by atoms with Crippen molar-refractivity contribution in [1.82, 2.24) is 0 Å². The van der Waals surface area contributed by atoms with Gasteiger partial charge in [0.25, 0.3) is 0 Å². The summed E-state index contributed by atoms with van der Waals surface area (Å²) in [6.45, 7) is 0. The molecule has 0 radical (unpaired) electrons.